The third kappa shape index (κ3) is 4.80. The van der Waals surface area contributed by atoms with Crippen LogP contribution in [0, 0.1) is 12.7 Å². The Kier molecular flexibility index (Phi) is 7.51. The lowest BCUT2D eigenvalue weighted by atomic mass is 10.1. The SMILES string of the molecule is CCNCCNC(=O)c1cc(C)c(-c2ccc(F)cc2)s1.Cl. The van der Waals surface area contributed by atoms with Gasteiger partial charge < -0.3 is 10.6 Å². The van der Waals surface area contributed by atoms with Crippen molar-refractivity contribution in [1.29, 1.82) is 0 Å². The van der Waals surface area contributed by atoms with Crippen LogP contribution in [0.3, 0.4) is 0 Å². The molecule has 1 heterocycles. The van der Waals surface area contributed by atoms with E-state index in [2.05, 4.69) is 10.6 Å². The molecule has 0 saturated heterocycles. The molecule has 22 heavy (non-hydrogen) atoms. The number of hydrogen-bond acceptors (Lipinski definition) is 3. The van der Waals surface area contributed by atoms with Crippen LogP contribution < -0.4 is 10.6 Å². The van der Waals surface area contributed by atoms with Crippen molar-refractivity contribution in [3.05, 3.63) is 46.6 Å². The van der Waals surface area contributed by atoms with E-state index in [1.165, 1.54) is 23.5 Å². The highest BCUT2D eigenvalue weighted by molar-refractivity contribution is 7.17. The number of benzene rings is 1. The number of nitrogens with one attached hydrogen (secondary N) is 2. The van der Waals surface area contributed by atoms with Crippen molar-refractivity contribution in [3.63, 3.8) is 0 Å². The van der Waals surface area contributed by atoms with E-state index < -0.39 is 0 Å². The normalized spacial score (nSPS) is 10.1. The Morgan fingerprint density at radius 3 is 2.55 bits per heavy atom. The van der Waals surface area contributed by atoms with Gasteiger partial charge in [0.05, 0.1) is 4.88 Å². The van der Waals surface area contributed by atoms with E-state index in [4.69, 9.17) is 0 Å². The Hall–Kier alpha value is -1.43. The number of amides is 1. The highest BCUT2D eigenvalue weighted by atomic mass is 35.5. The Morgan fingerprint density at radius 1 is 1.23 bits per heavy atom. The molecule has 0 saturated carbocycles. The zero-order chi connectivity index (χ0) is 15.2. The van der Waals surface area contributed by atoms with Gasteiger partial charge in [0.25, 0.3) is 5.91 Å². The second-order valence-corrected chi connectivity index (χ2v) is 5.79. The smallest absolute Gasteiger partial charge is 0.261 e. The lowest BCUT2D eigenvalue weighted by Gasteiger charge is -2.03. The van der Waals surface area contributed by atoms with Gasteiger partial charge in [-0.2, -0.15) is 0 Å². The van der Waals surface area contributed by atoms with Crippen molar-refractivity contribution in [2.75, 3.05) is 19.6 Å². The fourth-order valence-electron chi connectivity index (χ4n) is 2.01. The highest BCUT2D eigenvalue weighted by Crippen LogP contribution is 2.32. The fraction of sp³-hybridized carbons (Fsp3) is 0.312. The van der Waals surface area contributed by atoms with Gasteiger partial charge in [-0.15, -0.1) is 23.7 Å². The summed E-state index contributed by atoms with van der Waals surface area (Å²) in [6.45, 7) is 6.25. The van der Waals surface area contributed by atoms with Crippen LogP contribution in [0.5, 0.6) is 0 Å². The van der Waals surface area contributed by atoms with E-state index in [1.807, 2.05) is 19.9 Å². The fourth-order valence-corrected chi connectivity index (χ4v) is 3.10. The number of rotatable bonds is 6. The van der Waals surface area contributed by atoms with Crippen LogP contribution in [-0.2, 0) is 0 Å². The first kappa shape index (κ1) is 18.6. The number of carbonyl (C=O) groups excluding carboxylic acids is 1. The monoisotopic (exact) mass is 342 g/mol. The number of likely N-dealkylation sites (N-methyl/N-ethyl adjacent to an activating group) is 1. The molecule has 0 radical (unpaired) electrons. The van der Waals surface area contributed by atoms with E-state index in [-0.39, 0.29) is 24.1 Å². The summed E-state index contributed by atoms with van der Waals surface area (Å²) in [6.07, 6.45) is 0. The molecule has 1 aromatic carbocycles. The second kappa shape index (κ2) is 8.88. The molecule has 0 aliphatic rings. The summed E-state index contributed by atoms with van der Waals surface area (Å²) in [5, 5.41) is 6.04. The number of thiophene rings is 1. The van der Waals surface area contributed by atoms with Gasteiger partial charge >= 0.3 is 0 Å². The number of aryl methyl sites for hydroxylation is 1. The molecule has 0 bridgehead atoms. The summed E-state index contributed by atoms with van der Waals surface area (Å²) in [4.78, 5) is 13.8. The van der Waals surface area contributed by atoms with Gasteiger partial charge in [-0.3, -0.25) is 4.79 Å². The van der Waals surface area contributed by atoms with Crippen LogP contribution in [0.15, 0.2) is 30.3 Å². The molecule has 0 unspecified atom stereocenters. The minimum atomic E-state index is -0.255. The van der Waals surface area contributed by atoms with E-state index >= 15 is 0 Å². The molecule has 0 atom stereocenters. The average molecular weight is 343 g/mol. The van der Waals surface area contributed by atoms with Crippen molar-refractivity contribution in [3.8, 4) is 10.4 Å². The third-order valence-corrected chi connectivity index (χ3v) is 4.37. The maximum absolute atomic E-state index is 13.0. The average Bonchev–Trinajstić information content (AvgIpc) is 2.86. The topological polar surface area (TPSA) is 41.1 Å². The van der Waals surface area contributed by atoms with Gasteiger partial charge in [0.15, 0.2) is 0 Å². The van der Waals surface area contributed by atoms with Crippen LogP contribution in [0.4, 0.5) is 4.39 Å². The molecule has 3 nitrogen and oxygen atoms in total. The maximum Gasteiger partial charge on any atom is 0.261 e. The van der Waals surface area contributed by atoms with Gasteiger partial charge in [-0.25, -0.2) is 4.39 Å². The lowest BCUT2D eigenvalue weighted by Crippen LogP contribution is -2.31. The van der Waals surface area contributed by atoms with E-state index in [0.29, 0.717) is 11.4 Å². The van der Waals surface area contributed by atoms with Gasteiger partial charge in [0, 0.05) is 18.0 Å². The molecule has 2 rings (SSSR count). The molecule has 120 valence electrons. The Labute approximate surface area is 140 Å². The summed E-state index contributed by atoms with van der Waals surface area (Å²) in [7, 11) is 0. The van der Waals surface area contributed by atoms with Crippen LogP contribution in [0.25, 0.3) is 10.4 Å². The minimum absolute atomic E-state index is 0. The van der Waals surface area contributed by atoms with Gasteiger partial charge in [-0.05, 0) is 42.8 Å². The van der Waals surface area contributed by atoms with Crippen LogP contribution in [-0.4, -0.2) is 25.5 Å². The summed E-state index contributed by atoms with van der Waals surface area (Å²) >= 11 is 1.44. The largest absolute Gasteiger partial charge is 0.350 e. The first-order valence-electron chi connectivity index (χ1n) is 6.97. The third-order valence-electron chi connectivity index (χ3n) is 3.09. The predicted octanol–water partition coefficient (Wildman–Crippen LogP) is 3.62. The predicted molar refractivity (Wildman–Crippen MR) is 92.6 cm³/mol. The first-order valence-corrected chi connectivity index (χ1v) is 7.78. The number of halogens is 2. The summed E-state index contributed by atoms with van der Waals surface area (Å²) in [5.74, 6) is -0.316. The molecule has 0 aliphatic heterocycles. The Balaban J connectivity index is 0.00000242. The summed E-state index contributed by atoms with van der Waals surface area (Å²) in [5.41, 5.74) is 1.97. The summed E-state index contributed by atoms with van der Waals surface area (Å²) in [6, 6.07) is 8.23. The maximum atomic E-state index is 13.0. The molecule has 0 spiro atoms. The minimum Gasteiger partial charge on any atom is -0.350 e. The van der Waals surface area contributed by atoms with Crippen molar-refractivity contribution >= 4 is 29.7 Å². The number of hydrogen-bond donors (Lipinski definition) is 2. The van der Waals surface area contributed by atoms with Gasteiger partial charge in [-0.1, -0.05) is 19.1 Å². The second-order valence-electron chi connectivity index (χ2n) is 4.74. The standard InChI is InChI=1S/C16H19FN2OS.ClH/c1-3-18-8-9-19-16(20)14-10-11(2)15(21-14)12-4-6-13(17)7-5-12;/h4-7,10,18H,3,8-9H2,1-2H3,(H,19,20);1H. The Bertz CT molecular complexity index is 613. The van der Waals surface area contributed by atoms with Crippen molar-refractivity contribution in [2.45, 2.75) is 13.8 Å². The van der Waals surface area contributed by atoms with Crippen molar-refractivity contribution in [1.82, 2.24) is 10.6 Å². The van der Waals surface area contributed by atoms with E-state index in [0.717, 1.165) is 29.1 Å². The Morgan fingerprint density at radius 2 is 1.91 bits per heavy atom. The first-order chi connectivity index (χ1) is 10.1. The summed E-state index contributed by atoms with van der Waals surface area (Å²) < 4.78 is 13.0. The number of carbonyl (C=O) groups is 1. The molecule has 6 heteroatoms. The van der Waals surface area contributed by atoms with Crippen molar-refractivity contribution < 1.29 is 9.18 Å². The molecule has 1 amide bonds. The highest BCUT2D eigenvalue weighted by Gasteiger charge is 2.13. The lowest BCUT2D eigenvalue weighted by molar-refractivity contribution is 0.0958. The molecular weight excluding hydrogens is 323 g/mol. The molecule has 0 fully saturated rings. The zero-order valence-corrected chi connectivity index (χ0v) is 14.2. The van der Waals surface area contributed by atoms with E-state index in [1.54, 1.807) is 12.1 Å². The molecular formula is C16H20ClFN2OS. The van der Waals surface area contributed by atoms with Gasteiger partial charge in [0.2, 0.25) is 0 Å². The van der Waals surface area contributed by atoms with Crippen LogP contribution in [0.1, 0.15) is 22.2 Å². The van der Waals surface area contributed by atoms with Gasteiger partial charge in [0.1, 0.15) is 5.82 Å². The molecule has 2 aromatic rings. The quantitative estimate of drug-likeness (QED) is 0.787. The molecule has 2 N–H and O–H groups in total. The van der Waals surface area contributed by atoms with Crippen LogP contribution >= 0.6 is 23.7 Å². The molecule has 0 aliphatic carbocycles. The van der Waals surface area contributed by atoms with E-state index in [9.17, 15) is 9.18 Å². The molecule has 1 aromatic heterocycles. The van der Waals surface area contributed by atoms with Crippen molar-refractivity contribution in [2.24, 2.45) is 0 Å². The van der Waals surface area contributed by atoms with Crippen LogP contribution in [0.2, 0.25) is 0 Å². The zero-order valence-electron chi connectivity index (χ0n) is 12.6.